The Morgan fingerprint density at radius 1 is 1.08 bits per heavy atom. The molecule has 1 aliphatic carbocycles. The summed E-state index contributed by atoms with van der Waals surface area (Å²) in [5, 5.41) is 3.02. The van der Waals surface area contributed by atoms with Gasteiger partial charge >= 0.3 is 6.03 Å². The molecule has 1 unspecified atom stereocenters. The summed E-state index contributed by atoms with van der Waals surface area (Å²) < 4.78 is 11.2. The first kappa shape index (κ1) is 16.7. The average molecular weight is 354 g/mol. The van der Waals surface area contributed by atoms with Gasteiger partial charge in [-0.3, -0.25) is 4.84 Å². The standard InChI is InChI=1S/C20H22N2O4/c23-20(22-26-13-14-4-2-1-3-5-14)21-19(15-6-7-15)16-8-9-17-18(12-16)25-11-10-24-17/h1-5,8-9,12,15,19H,6-7,10-11,13H2,(H2,21,22,23). The molecule has 0 bridgehead atoms. The Kier molecular flexibility index (Phi) is 4.93. The van der Waals surface area contributed by atoms with Crippen LogP contribution in [0, 0.1) is 5.92 Å². The molecule has 2 N–H and O–H groups in total. The van der Waals surface area contributed by atoms with Crippen LogP contribution in [0.15, 0.2) is 48.5 Å². The third kappa shape index (κ3) is 4.08. The Morgan fingerprint density at radius 2 is 1.85 bits per heavy atom. The normalized spacial score (nSPS) is 16.6. The SMILES string of the molecule is O=C(NOCc1ccccc1)NC(c1ccc2c(c1)OCCO2)C1CC1. The molecule has 4 rings (SSSR count). The lowest BCUT2D eigenvalue weighted by Crippen LogP contribution is -2.38. The zero-order chi connectivity index (χ0) is 17.8. The minimum absolute atomic E-state index is 0.0637. The van der Waals surface area contributed by atoms with Crippen LogP contribution in [0.1, 0.15) is 30.0 Å². The molecule has 6 nitrogen and oxygen atoms in total. The smallest absolute Gasteiger partial charge is 0.339 e. The molecule has 2 aliphatic rings. The summed E-state index contributed by atoms with van der Waals surface area (Å²) in [6.07, 6.45) is 2.20. The Bertz CT molecular complexity index is 762. The molecule has 0 aromatic heterocycles. The molecule has 0 spiro atoms. The second kappa shape index (κ2) is 7.66. The van der Waals surface area contributed by atoms with Crippen LogP contribution in [0.3, 0.4) is 0 Å². The molecule has 6 heteroatoms. The van der Waals surface area contributed by atoms with E-state index in [2.05, 4.69) is 10.8 Å². The number of urea groups is 1. The van der Waals surface area contributed by atoms with E-state index in [0.29, 0.717) is 25.7 Å². The molecule has 0 radical (unpaired) electrons. The number of carbonyl (C=O) groups excluding carboxylic acids is 1. The highest BCUT2D eigenvalue weighted by atomic mass is 16.7. The van der Waals surface area contributed by atoms with Gasteiger partial charge in [0.15, 0.2) is 11.5 Å². The number of hydrogen-bond acceptors (Lipinski definition) is 4. The molecule has 2 aromatic rings. The Labute approximate surface area is 152 Å². The largest absolute Gasteiger partial charge is 0.486 e. The number of rotatable bonds is 6. The summed E-state index contributed by atoms with van der Waals surface area (Å²) in [4.78, 5) is 17.5. The van der Waals surface area contributed by atoms with Crippen molar-refractivity contribution in [2.75, 3.05) is 13.2 Å². The van der Waals surface area contributed by atoms with E-state index in [0.717, 1.165) is 35.5 Å². The first-order valence-electron chi connectivity index (χ1n) is 8.91. The third-order valence-electron chi connectivity index (χ3n) is 4.55. The van der Waals surface area contributed by atoms with Crippen molar-refractivity contribution in [1.29, 1.82) is 0 Å². The summed E-state index contributed by atoms with van der Waals surface area (Å²) in [6, 6.07) is 15.2. The van der Waals surface area contributed by atoms with Crippen molar-refractivity contribution in [2.45, 2.75) is 25.5 Å². The maximum absolute atomic E-state index is 12.2. The molecule has 1 atom stereocenters. The molecule has 26 heavy (non-hydrogen) atoms. The molecular formula is C20H22N2O4. The van der Waals surface area contributed by atoms with Gasteiger partial charge in [0.05, 0.1) is 12.6 Å². The number of hydroxylamine groups is 1. The van der Waals surface area contributed by atoms with Crippen LogP contribution in [0.2, 0.25) is 0 Å². The van der Waals surface area contributed by atoms with Crippen molar-refractivity contribution in [3.05, 3.63) is 59.7 Å². The van der Waals surface area contributed by atoms with Crippen LogP contribution in [-0.2, 0) is 11.4 Å². The fourth-order valence-corrected chi connectivity index (χ4v) is 3.09. The first-order valence-corrected chi connectivity index (χ1v) is 8.91. The van der Waals surface area contributed by atoms with Gasteiger partial charge < -0.3 is 14.8 Å². The van der Waals surface area contributed by atoms with Crippen molar-refractivity contribution in [2.24, 2.45) is 5.92 Å². The molecule has 2 aromatic carbocycles. The Balaban J connectivity index is 1.35. The second-order valence-electron chi connectivity index (χ2n) is 6.57. The van der Waals surface area contributed by atoms with Gasteiger partial charge in [0.25, 0.3) is 0 Å². The molecule has 1 aliphatic heterocycles. The van der Waals surface area contributed by atoms with Gasteiger partial charge in [-0.2, -0.15) is 0 Å². The number of amides is 2. The summed E-state index contributed by atoms with van der Waals surface area (Å²) in [5.74, 6) is 1.93. The van der Waals surface area contributed by atoms with Crippen LogP contribution in [0.25, 0.3) is 0 Å². The highest BCUT2D eigenvalue weighted by Gasteiger charge is 2.34. The molecular weight excluding hydrogens is 332 g/mol. The highest BCUT2D eigenvalue weighted by molar-refractivity contribution is 5.73. The minimum atomic E-state index is -0.340. The maximum Gasteiger partial charge on any atom is 0.339 e. The molecule has 1 heterocycles. The van der Waals surface area contributed by atoms with Crippen LogP contribution < -0.4 is 20.3 Å². The average Bonchev–Trinajstić information content (AvgIpc) is 3.52. The monoisotopic (exact) mass is 354 g/mol. The number of carbonyl (C=O) groups is 1. The van der Waals surface area contributed by atoms with Gasteiger partial charge in [0, 0.05) is 0 Å². The van der Waals surface area contributed by atoms with Crippen molar-refractivity contribution in [3.63, 3.8) is 0 Å². The van der Waals surface area contributed by atoms with Crippen LogP contribution in [-0.4, -0.2) is 19.2 Å². The van der Waals surface area contributed by atoms with E-state index in [-0.39, 0.29) is 12.1 Å². The number of hydrogen-bond donors (Lipinski definition) is 2. The lowest BCUT2D eigenvalue weighted by atomic mass is 10.0. The van der Waals surface area contributed by atoms with E-state index < -0.39 is 0 Å². The molecule has 1 saturated carbocycles. The van der Waals surface area contributed by atoms with Crippen LogP contribution in [0.5, 0.6) is 11.5 Å². The van der Waals surface area contributed by atoms with Gasteiger partial charge in [0.1, 0.15) is 13.2 Å². The van der Waals surface area contributed by atoms with E-state index in [4.69, 9.17) is 14.3 Å². The second-order valence-corrected chi connectivity index (χ2v) is 6.57. The van der Waals surface area contributed by atoms with Gasteiger partial charge in [-0.15, -0.1) is 0 Å². The van der Waals surface area contributed by atoms with E-state index >= 15 is 0 Å². The molecule has 136 valence electrons. The quantitative estimate of drug-likeness (QED) is 0.781. The zero-order valence-electron chi connectivity index (χ0n) is 14.4. The van der Waals surface area contributed by atoms with Crippen molar-refractivity contribution >= 4 is 6.03 Å². The van der Waals surface area contributed by atoms with E-state index in [9.17, 15) is 4.79 Å². The predicted octanol–water partition coefficient (Wildman–Crippen LogP) is 3.34. The van der Waals surface area contributed by atoms with Gasteiger partial charge in [-0.05, 0) is 42.0 Å². The number of nitrogens with one attached hydrogen (secondary N) is 2. The third-order valence-corrected chi connectivity index (χ3v) is 4.55. The van der Waals surface area contributed by atoms with Gasteiger partial charge in [-0.1, -0.05) is 36.4 Å². The lowest BCUT2D eigenvalue weighted by Gasteiger charge is -2.23. The van der Waals surface area contributed by atoms with Crippen LogP contribution in [0.4, 0.5) is 4.79 Å². The summed E-state index contributed by atoms with van der Waals surface area (Å²) >= 11 is 0. The fourth-order valence-electron chi connectivity index (χ4n) is 3.09. The highest BCUT2D eigenvalue weighted by Crippen LogP contribution is 2.43. The lowest BCUT2D eigenvalue weighted by molar-refractivity contribution is 0.0478. The molecule has 1 fully saturated rings. The minimum Gasteiger partial charge on any atom is -0.486 e. The molecule has 2 amide bonds. The number of fused-ring (bicyclic) bond motifs is 1. The van der Waals surface area contributed by atoms with Crippen molar-refractivity contribution < 1.29 is 19.1 Å². The topological polar surface area (TPSA) is 68.8 Å². The predicted molar refractivity (Wildman–Crippen MR) is 95.8 cm³/mol. The Hall–Kier alpha value is -2.73. The summed E-state index contributed by atoms with van der Waals surface area (Å²) in [5.41, 5.74) is 4.49. The first-order chi connectivity index (χ1) is 12.8. The zero-order valence-corrected chi connectivity index (χ0v) is 14.4. The van der Waals surface area contributed by atoms with Gasteiger partial charge in [0.2, 0.25) is 0 Å². The van der Waals surface area contributed by atoms with Crippen LogP contribution >= 0.6 is 0 Å². The van der Waals surface area contributed by atoms with E-state index in [1.807, 2.05) is 48.5 Å². The summed E-state index contributed by atoms with van der Waals surface area (Å²) in [7, 11) is 0. The van der Waals surface area contributed by atoms with Gasteiger partial charge in [-0.25, -0.2) is 10.3 Å². The van der Waals surface area contributed by atoms with E-state index in [1.165, 1.54) is 0 Å². The maximum atomic E-state index is 12.2. The number of benzene rings is 2. The van der Waals surface area contributed by atoms with E-state index in [1.54, 1.807) is 0 Å². The number of ether oxygens (including phenoxy) is 2. The Morgan fingerprint density at radius 3 is 2.62 bits per heavy atom. The van der Waals surface area contributed by atoms with Crippen molar-refractivity contribution in [3.8, 4) is 11.5 Å². The van der Waals surface area contributed by atoms with Crippen molar-refractivity contribution in [1.82, 2.24) is 10.8 Å². The molecule has 0 saturated heterocycles. The summed E-state index contributed by atoms with van der Waals surface area (Å²) in [6.45, 7) is 1.44. The fraction of sp³-hybridized carbons (Fsp3) is 0.350.